The van der Waals surface area contributed by atoms with Crippen molar-refractivity contribution < 1.29 is 9.90 Å². The molecule has 0 aliphatic rings. The number of benzene rings is 1. The van der Waals surface area contributed by atoms with E-state index in [2.05, 4.69) is 18.4 Å². The maximum Gasteiger partial charge on any atom is 0.320 e. The van der Waals surface area contributed by atoms with Crippen molar-refractivity contribution >= 4 is 42.8 Å². The van der Waals surface area contributed by atoms with Crippen LogP contribution in [-0.4, -0.2) is 29.1 Å². The summed E-state index contributed by atoms with van der Waals surface area (Å²) in [5, 5.41) is 8.67. The fraction of sp³-hybridized carbons (Fsp3) is 0.417. The van der Waals surface area contributed by atoms with Gasteiger partial charge in [-0.3, -0.25) is 15.7 Å². The van der Waals surface area contributed by atoms with Crippen LogP contribution in [0.4, 0.5) is 0 Å². The molecule has 106 valence electrons. The Kier molecular flexibility index (Phi) is 11.7. The van der Waals surface area contributed by atoms with E-state index in [0.29, 0.717) is 6.42 Å². The van der Waals surface area contributed by atoms with Crippen LogP contribution < -0.4 is 5.73 Å². The highest BCUT2D eigenvalue weighted by molar-refractivity contribution is 8.15. The molecule has 0 aliphatic carbocycles. The standard InChI is InChI=1S/C12H19NO2S.ClH.H2S/c1-16(8-7-11(13)12(14)15)9-10-5-3-2-4-6-10;;/h2-6,11,16H,7-9,13H2,1H3,(H,14,15);1H;1H2/t11-;;/m0../s1. The lowest BCUT2D eigenvalue weighted by atomic mass is 10.2. The van der Waals surface area contributed by atoms with E-state index in [4.69, 9.17) is 10.8 Å². The first kappa shape index (κ1) is 20.0. The highest BCUT2D eigenvalue weighted by atomic mass is 35.5. The van der Waals surface area contributed by atoms with E-state index in [1.165, 1.54) is 5.56 Å². The Labute approximate surface area is 124 Å². The van der Waals surface area contributed by atoms with Crippen molar-refractivity contribution in [3.05, 3.63) is 35.9 Å². The Morgan fingerprint density at radius 2 is 1.94 bits per heavy atom. The van der Waals surface area contributed by atoms with E-state index >= 15 is 0 Å². The van der Waals surface area contributed by atoms with Crippen molar-refractivity contribution in [3.8, 4) is 0 Å². The third-order valence-electron chi connectivity index (χ3n) is 2.43. The summed E-state index contributed by atoms with van der Waals surface area (Å²) in [6.45, 7) is 0. The minimum atomic E-state index is -0.900. The Morgan fingerprint density at radius 3 is 2.44 bits per heavy atom. The highest BCUT2D eigenvalue weighted by Crippen LogP contribution is 2.26. The Hall–Kier alpha value is -0.360. The quantitative estimate of drug-likeness (QED) is 0.705. The summed E-state index contributed by atoms with van der Waals surface area (Å²) < 4.78 is 0. The van der Waals surface area contributed by atoms with Gasteiger partial charge in [-0.15, -0.1) is 12.4 Å². The second-order valence-corrected chi connectivity index (χ2v) is 6.43. The molecule has 1 aromatic carbocycles. The third kappa shape index (κ3) is 7.87. The third-order valence-corrected chi connectivity index (χ3v) is 4.36. The van der Waals surface area contributed by atoms with Gasteiger partial charge in [-0.1, -0.05) is 30.3 Å². The van der Waals surface area contributed by atoms with Crippen LogP contribution in [0.1, 0.15) is 12.0 Å². The van der Waals surface area contributed by atoms with Crippen molar-refractivity contribution in [1.82, 2.24) is 0 Å². The number of carbonyl (C=O) groups is 1. The zero-order chi connectivity index (χ0) is 12.0. The number of aliphatic carboxylic acids is 1. The van der Waals surface area contributed by atoms with E-state index in [0.717, 1.165) is 11.5 Å². The van der Waals surface area contributed by atoms with Crippen LogP contribution in [0.2, 0.25) is 0 Å². The predicted molar refractivity (Wildman–Crippen MR) is 87.8 cm³/mol. The molecule has 3 N–H and O–H groups in total. The normalized spacial score (nSPS) is 13.8. The van der Waals surface area contributed by atoms with E-state index < -0.39 is 12.0 Å². The summed E-state index contributed by atoms with van der Waals surface area (Å²) in [4.78, 5) is 10.6. The number of hydrogen-bond donors (Lipinski definition) is 3. The van der Waals surface area contributed by atoms with Crippen LogP contribution in [0.5, 0.6) is 0 Å². The molecule has 1 unspecified atom stereocenters. The monoisotopic (exact) mass is 311 g/mol. The number of thiol groups is 1. The Bertz CT molecular complexity index is 338. The molecule has 1 rings (SSSR count). The maximum atomic E-state index is 10.6. The fourth-order valence-electron chi connectivity index (χ4n) is 1.46. The van der Waals surface area contributed by atoms with Gasteiger partial charge in [0.1, 0.15) is 6.04 Å². The van der Waals surface area contributed by atoms with Gasteiger partial charge in [-0.05, 0) is 29.7 Å². The summed E-state index contributed by atoms with van der Waals surface area (Å²) in [6, 6.07) is 9.57. The van der Waals surface area contributed by atoms with E-state index in [1.54, 1.807) is 0 Å². The fourth-order valence-corrected chi connectivity index (χ4v) is 3.17. The molecule has 0 amide bonds. The SMILES string of the molecule is C[SH](CC[C@H](N)C(=O)O)Cc1ccccc1.Cl.S. The number of rotatable bonds is 6. The molecule has 0 radical (unpaired) electrons. The van der Waals surface area contributed by atoms with Gasteiger partial charge >= 0.3 is 5.97 Å². The van der Waals surface area contributed by atoms with E-state index in [1.807, 2.05) is 18.2 Å². The molecular weight excluding hydrogens is 290 g/mol. The van der Waals surface area contributed by atoms with Crippen LogP contribution in [-0.2, 0) is 10.5 Å². The van der Waals surface area contributed by atoms with Gasteiger partial charge in [0.2, 0.25) is 0 Å². The molecule has 0 fully saturated rings. The summed E-state index contributed by atoms with van der Waals surface area (Å²) in [7, 11) is -0.157. The van der Waals surface area contributed by atoms with E-state index in [9.17, 15) is 4.79 Å². The van der Waals surface area contributed by atoms with Crippen molar-refractivity contribution in [1.29, 1.82) is 0 Å². The first-order chi connectivity index (χ1) is 7.59. The van der Waals surface area contributed by atoms with Crippen LogP contribution in [0, 0.1) is 0 Å². The molecule has 0 saturated heterocycles. The van der Waals surface area contributed by atoms with Crippen LogP contribution in [0.15, 0.2) is 30.3 Å². The molecular formula is C12H22ClNO2S2. The average molecular weight is 312 g/mol. The minimum Gasteiger partial charge on any atom is -0.480 e. The average Bonchev–Trinajstić information content (AvgIpc) is 2.27. The number of carboxylic acid groups (broad SMARTS) is 1. The molecule has 6 heteroatoms. The molecule has 0 heterocycles. The van der Waals surface area contributed by atoms with Gasteiger partial charge in [-0.25, -0.2) is 0 Å². The maximum absolute atomic E-state index is 10.6. The first-order valence-electron chi connectivity index (χ1n) is 5.30. The zero-order valence-corrected chi connectivity index (χ0v) is 13.1. The van der Waals surface area contributed by atoms with Crippen LogP contribution >= 0.6 is 36.8 Å². The summed E-state index contributed by atoms with van der Waals surface area (Å²) in [6.07, 6.45) is 2.77. The molecule has 18 heavy (non-hydrogen) atoms. The van der Waals surface area contributed by atoms with Crippen molar-refractivity contribution in [3.63, 3.8) is 0 Å². The lowest BCUT2D eigenvalue weighted by Crippen LogP contribution is -2.30. The highest BCUT2D eigenvalue weighted by Gasteiger charge is 2.11. The van der Waals surface area contributed by atoms with Gasteiger partial charge < -0.3 is 10.8 Å². The number of hydrogen-bond acceptors (Lipinski definition) is 2. The smallest absolute Gasteiger partial charge is 0.320 e. The molecule has 0 bridgehead atoms. The Morgan fingerprint density at radius 1 is 1.39 bits per heavy atom. The first-order valence-corrected chi connectivity index (χ1v) is 7.46. The molecule has 0 saturated carbocycles. The largest absolute Gasteiger partial charge is 0.480 e. The van der Waals surface area contributed by atoms with Crippen LogP contribution in [0.3, 0.4) is 0 Å². The molecule has 0 spiro atoms. The van der Waals surface area contributed by atoms with Gasteiger partial charge in [0.05, 0.1) is 0 Å². The number of halogens is 1. The van der Waals surface area contributed by atoms with Gasteiger partial charge in [0, 0.05) is 0 Å². The lowest BCUT2D eigenvalue weighted by Gasteiger charge is -2.17. The van der Waals surface area contributed by atoms with Gasteiger partial charge in [0.25, 0.3) is 0 Å². The van der Waals surface area contributed by atoms with E-state index in [-0.39, 0.29) is 36.8 Å². The lowest BCUT2D eigenvalue weighted by molar-refractivity contribution is -0.138. The minimum absolute atomic E-state index is 0. The molecule has 3 nitrogen and oxygen atoms in total. The zero-order valence-electron chi connectivity index (χ0n) is 10.4. The molecule has 2 atom stereocenters. The van der Waals surface area contributed by atoms with Crippen molar-refractivity contribution in [2.45, 2.75) is 18.2 Å². The second kappa shape index (κ2) is 10.6. The Balaban J connectivity index is 0. The van der Waals surface area contributed by atoms with Gasteiger partial charge in [0.15, 0.2) is 0 Å². The molecule has 0 aliphatic heterocycles. The summed E-state index contributed by atoms with van der Waals surface area (Å²) in [5.74, 6) is 1.06. The van der Waals surface area contributed by atoms with Crippen molar-refractivity contribution in [2.24, 2.45) is 5.73 Å². The predicted octanol–water partition coefficient (Wildman–Crippen LogP) is 2.15. The second-order valence-electron chi connectivity index (χ2n) is 3.96. The number of nitrogens with two attached hydrogens (primary N) is 1. The topological polar surface area (TPSA) is 63.3 Å². The summed E-state index contributed by atoms with van der Waals surface area (Å²) in [5.41, 5.74) is 6.79. The van der Waals surface area contributed by atoms with Crippen molar-refractivity contribution in [2.75, 3.05) is 12.0 Å². The summed E-state index contributed by atoms with van der Waals surface area (Å²) >= 11 is 0. The van der Waals surface area contributed by atoms with Crippen LogP contribution in [0.25, 0.3) is 0 Å². The van der Waals surface area contributed by atoms with Gasteiger partial charge in [-0.2, -0.15) is 13.5 Å². The number of carboxylic acids is 1. The molecule has 0 aromatic heterocycles. The molecule has 1 aromatic rings.